The number of amides is 1. The Bertz CT molecular complexity index is 1620. The van der Waals surface area contributed by atoms with Crippen molar-refractivity contribution in [1.82, 2.24) is 14.5 Å². The lowest BCUT2D eigenvalue weighted by Crippen LogP contribution is -2.56. The second kappa shape index (κ2) is 13.3. The Morgan fingerprint density at radius 2 is 1.75 bits per heavy atom. The number of benzene rings is 3. The number of ether oxygens (including phenoxy) is 1. The number of hydrogen-bond donors (Lipinski definition) is 0. The molecule has 7 nitrogen and oxygen atoms in total. The van der Waals surface area contributed by atoms with Gasteiger partial charge in [0.05, 0.1) is 36.1 Å². The summed E-state index contributed by atoms with van der Waals surface area (Å²) < 4.78 is 14.5. The summed E-state index contributed by atoms with van der Waals surface area (Å²) in [6, 6.07) is 22.9. The zero-order valence-electron chi connectivity index (χ0n) is 26.3. The van der Waals surface area contributed by atoms with Gasteiger partial charge in [0.25, 0.3) is 0 Å². The first-order valence-corrected chi connectivity index (χ1v) is 18.6. The number of halogens is 1. The number of carbonyl (C=O) groups excluding carboxylic acids is 2. The Hall–Kier alpha value is -3.46. The van der Waals surface area contributed by atoms with Crippen LogP contribution >= 0.6 is 11.6 Å². The Balaban J connectivity index is 1.37. The largest absolute Gasteiger partial charge is 0.445 e. The summed E-state index contributed by atoms with van der Waals surface area (Å²) in [5.41, 5.74) is 4.59. The molecule has 0 N–H and O–H groups in total. The number of imidazole rings is 1. The van der Waals surface area contributed by atoms with Gasteiger partial charge in [-0.2, -0.15) is 0 Å². The smallest absolute Gasteiger partial charge is 0.410 e. The van der Waals surface area contributed by atoms with Gasteiger partial charge in [-0.3, -0.25) is 4.79 Å². The van der Waals surface area contributed by atoms with E-state index >= 15 is 0 Å². The van der Waals surface area contributed by atoms with Gasteiger partial charge in [0.2, 0.25) is 0 Å². The van der Waals surface area contributed by atoms with E-state index < -0.39 is 20.5 Å². The third kappa shape index (κ3) is 7.42. The third-order valence-corrected chi connectivity index (χ3v) is 13.7. The normalized spacial score (nSPS) is 17.5. The van der Waals surface area contributed by atoms with Crippen LogP contribution in [0, 0.1) is 0 Å². The lowest BCUT2D eigenvalue weighted by atomic mass is 9.95. The van der Waals surface area contributed by atoms with Crippen LogP contribution in [0.15, 0.2) is 79.1 Å². The maximum Gasteiger partial charge on any atom is 0.410 e. The molecule has 0 spiro atoms. The van der Waals surface area contributed by atoms with Crippen LogP contribution in [0.5, 0.6) is 0 Å². The highest BCUT2D eigenvalue weighted by atomic mass is 35.5. The lowest BCUT2D eigenvalue weighted by molar-refractivity contribution is -0.122. The number of aromatic nitrogens is 2. The van der Waals surface area contributed by atoms with E-state index in [1.165, 1.54) is 0 Å². The van der Waals surface area contributed by atoms with Crippen molar-refractivity contribution < 1.29 is 18.8 Å². The van der Waals surface area contributed by atoms with E-state index in [0.29, 0.717) is 11.6 Å². The first kappa shape index (κ1) is 31.9. The Labute approximate surface area is 266 Å². The van der Waals surface area contributed by atoms with E-state index in [4.69, 9.17) is 20.8 Å². The molecular formula is C35H42ClN3O4Si. The van der Waals surface area contributed by atoms with Crippen molar-refractivity contribution in [3.05, 3.63) is 89.7 Å². The quantitative estimate of drug-likeness (QED) is 0.173. The first-order chi connectivity index (χ1) is 20.9. The van der Waals surface area contributed by atoms with Crippen LogP contribution in [0.1, 0.15) is 45.6 Å². The van der Waals surface area contributed by atoms with Crippen molar-refractivity contribution in [3.8, 4) is 11.1 Å². The number of hydrogen-bond acceptors (Lipinski definition) is 5. The minimum Gasteiger partial charge on any atom is -0.445 e. The minimum atomic E-state index is -2.18. The van der Waals surface area contributed by atoms with Crippen molar-refractivity contribution in [2.24, 2.45) is 0 Å². The van der Waals surface area contributed by atoms with Crippen LogP contribution in [-0.4, -0.2) is 53.3 Å². The fraction of sp³-hybridized carbons (Fsp3) is 0.400. The second-order valence-electron chi connectivity index (χ2n) is 13.2. The van der Waals surface area contributed by atoms with E-state index in [-0.39, 0.29) is 36.5 Å². The summed E-state index contributed by atoms with van der Waals surface area (Å²) in [6.07, 6.45) is 2.82. The summed E-state index contributed by atoms with van der Waals surface area (Å²) in [4.78, 5) is 33.5. The van der Waals surface area contributed by atoms with Crippen LogP contribution in [0.25, 0.3) is 22.2 Å². The molecule has 2 heterocycles. The summed E-state index contributed by atoms with van der Waals surface area (Å²) >= 11 is 6.24. The molecule has 44 heavy (non-hydrogen) atoms. The molecule has 0 unspecified atom stereocenters. The van der Waals surface area contributed by atoms with Crippen molar-refractivity contribution >= 4 is 42.8 Å². The number of piperidine rings is 1. The topological polar surface area (TPSA) is 73.7 Å². The molecule has 1 fully saturated rings. The summed E-state index contributed by atoms with van der Waals surface area (Å²) in [5, 5.41) is 0.661. The Morgan fingerprint density at radius 3 is 2.48 bits per heavy atom. The third-order valence-electron chi connectivity index (χ3n) is 8.97. The highest BCUT2D eigenvalue weighted by molar-refractivity contribution is 6.74. The number of fused-ring (bicyclic) bond motifs is 1. The van der Waals surface area contributed by atoms with Crippen LogP contribution in [0.4, 0.5) is 4.79 Å². The molecule has 0 saturated carbocycles. The molecule has 0 radical (unpaired) electrons. The fourth-order valence-electron chi connectivity index (χ4n) is 5.50. The van der Waals surface area contributed by atoms with Gasteiger partial charge in [-0.05, 0) is 71.9 Å². The van der Waals surface area contributed by atoms with Gasteiger partial charge in [0.1, 0.15) is 6.61 Å². The number of carbonyl (C=O) groups is 2. The predicted molar refractivity (Wildman–Crippen MR) is 178 cm³/mol. The molecule has 1 aliphatic rings. The molecule has 232 valence electrons. The molecule has 1 aliphatic heterocycles. The second-order valence-corrected chi connectivity index (χ2v) is 18.4. The molecule has 5 rings (SSSR count). The first-order valence-electron chi connectivity index (χ1n) is 15.3. The molecular weight excluding hydrogens is 590 g/mol. The number of Topliss-reactive ketones (excluding diaryl/α,β-unsaturated/α-hetero) is 1. The molecule has 1 amide bonds. The Morgan fingerprint density at radius 1 is 1.00 bits per heavy atom. The van der Waals surface area contributed by atoms with Crippen LogP contribution < -0.4 is 0 Å². The number of rotatable bonds is 9. The van der Waals surface area contributed by atoms with Gasteiger partial charge in [0, 0.05) is 18.0 Å². The SMILES string of the molecule is CC(C)(C)[Si](C)(C)O[C@H]1CCCN(C(=O)OCc2ccccc2)[C@@H]1CC(=O)Cn1cnc2ccc(-c3cccc(Cl)c3)cc21. The van der Waals surface area contributed by atoms with Gasteiger partial charge in [-0.15, -0.1) is 0 Å². The van der Waals surface area contributed by atoms with Crippen LogP contribution in [-0.2, 0) is 27.1 Å². The monoisotopic (exact) mass is 631 g/mol. The minimum absolute atomic E-state index is 0.00588. The molecule has 0 bridgehead atoms. The van der Waals surface area contributed by atoms with Crippen molar-refractivity contribution in [2.75, 3.05) is 6.54 Å². The fourth-order valence-corrected chi connectivity index (χ4v) is 7.08. The highest BCUT2D eigenvalue weighted by Gasteiger charge is 2.44. The van der Waals surface area contributed by atoms with E-state index in [2.05, 4.69) is 38.8 Å². The summed E-state index contributed by atoms with van der Waals surface area (Å²) in [7, 11) is -2.18. The maximum atomic E-state index is 13.8. The molecule has 9 heteroatoms. The van der Waals surface area contributed by atoms with Crippen molar-refractivity contribution in [3.63, 3.8) is 0 Å². The van der Waals surface area contributed by atoms with Gasteiger partial charge >= 0.3 is 6.09 Å². The molecule has 2 atom stereocenters. The van der Waals surface area contributed by atoms with Gasteiger partial charge in [-0.1, -0.05) is 80.9 Å². The van der Waals surface area contributed by atoms with Gasteiger partial charge in [0.15, 0.2) is 14.1 Å². The Kier molecular flexibility index (Phi) is 9.63. The van der Waals surface area contributed by atoms with Crippen molar-refractivity contribution in [2.45, 2.75) is 83.5 Å². The van der Waals surface area contributed by atoms with E-state index in [9.17, 15) is 9.59 Å². The predicted octanol–water partition coefficient (Wildman–Crippen LogP) is 8.51. The number of likely N-dealkylation sites (tertiary alicyclic amines) is 1. The molecule has 1 saturated heterocycles. The highest BCUT2D eigenvalue weighted by Crippen LogP contribution is 2.39. The van der Waals surface area contributed by atoms with E-state index in [1.807, 2.05) is 77.4 Å². The molecule has 0 aliphatic carbocycles. The van der Waals surface area contributed by atoms with Crippen molar-refractivity contribution in [1.29, 1.82) is 0 Å². The standard InChI is InChI=1S/C35H42ClN3O4Si/c1-35(2,3)44(4,5)43-33-15-10-18-39(34(41)42-23-25-11-7-6-8-12-25)32(33)21-29(40)22-38-24-37-30-17-16-27(20-31(30)38)26-13-9-14-28(36)19-26/h6-9,11-14,16-17,19-20,24,32-33H,10,15,18,21-23H2,1-5H3/t32-,33+/m1/s1. The summed E-state index contributed by atoms with van der Waals surface area (Å²) in [5.74, 6) is 0.00838. The van der Waals surface area contributed by atoms with E-state index in [1.54, 1.807) is 11.2 Å². The van der Waals surface area contributed by atoms with Gasteiger partial charge < -0.3 is 18.6 Å². The van der Waals surface area contributed by atoms with Gasteiger partial charge in [-0.25, -0.2) is 9.78 Å². The average Bonchev–Trinajstić information content (AvgIpc) is 3.38. The number of nitrogens with zero attached hydrogens (tertiary/aromatic N) is 3. The zero-order valence-corrected chi connectivity index (χ0v) is 28.0. The average molecular weight is 632 g/mol. The lowest BCUT2D eigenvalue weighted by Gasteiger charge is -2.46. The zero-order chi connectivity index (χ0) is 31.5. The van der Waals surface area contributed by atoms with E-state index in [0.717, 1.165) is 40.6 Å². The summed E-state index contributed by atoms with van der Waals surface area (Å²) in [6.45, 7) is 11.9. The maximum absolute atomic E-state index is 13.8. The molecule has 1 aromatic heterocycles. The van der Waals surface area contributed by atoms with Crippen LogP contribution in [0.3, 0.4) is 0 Å². The number of ketones is 1. The molecule has 3 aromatic carbocycles. The van der Waals surface area contributed by atoms with Crippen LogP contribution in [0.2, 0.25) is 23.2 Å². The molecule has 4 aromatic rings.